The molecule has 1 aliphatic heterocycles. The smallest absolute Gasteiger partial charge is 0.238 e. The van der Waals surface area contributed by atoms with Crippen LogP contribution in [0.4, 0.5) is 0 Å². The summed E-state index contributed by atoms with van der Waals surface area (Å²) in [7, 11) is 1.94. The molecule has 1 heterocycles. The first kappa shape index (κ1) is 13.4. The quantitative estimate of drug-likeness (QED) is 0.274. The lowest BCUT2D eigenvalue weighted by molar-refractivity contribution is -0.480. The maximum atomic E-state index is 12.3. The molecule has 96 valence electrons. The molecule has 1 fully saturated rings. The first-order valence-electron chi connectivity index (χ1n) is 5.73. The topological polar surface area (TPSA) is 29.3 Å². The minimum Gasteiger partial charge on any atom is -0.623 e. The molecule has 0 N–H and O–H groups in total. The molecule has 0 unspecified atom stereocenters. The number of hydrogen-bond acceptors (Lipinski definition) is 3. The van der Waals surface area contributed by atoms with E-state index < -0.39 is 0 Å². The van der Waals surface area contributed by atoms with Crippen LogP contribution in [0.5, 0.6) is 0 Å². The Morgan fingerprint density at radius 2 is 2.00 bits per heavy atom. The minimum atomic E-state index is -0.269. The number of likely N-dealkylation sites (N-methyl/N-ethyl adjacent to an activating group) is 1. The number of hydroxylamine groups is 1. The Bertz CT molecular complexity index is 485. The third-order valence-electron chi connectivity index (χ3n) is 3.26. The first-order valence-corrected chi connectivity index (χ1v) is 7.01. The van der Waals surface area contributed by atoms with Gasteiger partial charge in [0, 0.05) is 12.6 Å². The summed E-state index contributed by atoms with van der Waals surface area (Å²) in [6, 6.07) is 9.61. The van der Waals surface area contributed by atoms with Crippen LogP contribution in [0, 0.1) is 5.21 Å². The van der Waals surface area contributed by atoms with Crippen molar-refractivity contribution in [1.29, 1.82) is 0 Å². The van der Waals surface area contributed by atoms with Gasteiger partial charge in [-0.3, -0.25) is 0 Å². The zero-order valence-electron chi connectivity index (χ0n) is 10.7. The number of thiocarbonyl (C=S) groups is 1. The number of benzene rings is 1. The van der Waals surface area contributed by atoms with Crippen molar-refractivity contribution in [2.24, 2.45) is 0 Å². The van der Waals surface area contributed by atoms with Crippen LogP contribution in [0.25, 0.3) is 0 Å². The summed E-state index contributed by atoms with van der Waals surface area (Å²) >= 11 is 6.71. The van der Waals surface area contributed by atoms with E-state index in [1.54, 1.807) is 6.21 Å². The summed E-state index contributed by atoms with van der Waals surface area (Å²) in [6.45, 7) is 4.07. The summed E-state index contributed by atoms with van der Waals surface area (Å²) in [6.07, 6.45) is 1.63. The molecule has 0 bridgehead atoms. The lowest BCUT2D eigenvalue weighted by Crippen LogP contribution is -2.47. The van der Waals surface area contributed by atoms with E-state index >= 15 is 0 Å². The van der Waals surface area contributed by atoms with Gasteiger partial charge in [0.2, 0.25) is 5.37 Å². The first-order chi connectivity index (χ1) is 8.43. The van der Waals surface area contributed by atoms with Gasteiger partial charge in [-0.05, 0) is 37.7 Å². The molecule has 1 saturated heterocycles. The highest BCUT2D eigenvalue weighted by atomic mass is 32.2. The second-order valence-electron chi connectivity index (χ2n) is 4.85. The maximum absolute atomic E-state index is 12.3. The average molecular weight is 280 g/mol. The molecule has 1 aliphatic rings. The van der Waals surface area contributed by atoms with Gasteiger partial charge in [0.15, 0.2) is 6.21 Å². The normalized spacial score (nSPS) is 23.5. The van der Waals surface area contributed by atoms with E-state index in [0.29, 0.717) is 0 Å². The van der Waals surface area contributed by atoms with Gasteiger partial charge >= 0.3 is 0 Å². The maximum Gasteiger partial charge on any atom is 0.238 e. The molecule has 0 aliphatic carbocycles. The molecule has 18 heavy (non-hydrogen) atoms. The lowest BCUT2D eigenvalue weighted by Gasteiger charge is -2.30. The molecule has 3 nitrogen and oxygen atoms in total. The Morgan fingerprint density at radius 3 is 2.50 bits per heavy atom. The van der Waals surface area contributed by atoms with Gasteiger partial charge in [-0.2, -0.15) is 4.74 Å². The molecule has 1 aromatic carbocycles. The van der Waals surface area contributed by atoms with E-state index in [-0.39, 0.29) is 10.9 Å². The fourth-order valence-corrected chi connectivity index (χ4v) is 3.54. The molecule has 0 saturated carbocycles. The Labute approximate surface area is 117 Å². The highest BCUT2D eigenvalue weighted by molar-refractivity contribution is 8.23. The van der Waals surface area contributed by atoms with E-state index in [4.69, 9.17) is 12.2 Å². The molecule has 1 aromatic rings. The SMILES string of the molecule is CN1C(=S)S[C@@H](/[N+]([O-])=C/c2ccccc2)C1(C)C. The monoisotopic (exact) mass is 280 g/mol. The molecule has 2 rings (SSSR count). The molecule has 5 heteroatoms. The van der Waals surface area contributed by atoms with Crippen molar-refractivity contribution >= 4 is 34.5 Å². The Hall–Kier alpha value is -1.07. The predicted molar refractivity (Wildman–Crippen MR) is 81.1 cm³/mol. The van der Waals surface area contributed by atoms with Gasteiger partial charge in [0.1, 0.15) is 9.86 Å². The van der Waals surface area contributed by atoms with Crippen molar-refractivity contribution in [2.45, 2.75) is 24.8 Å². The van der Waals surface area contributed by atoms with Gasteiger partial charge in [-0.15, -0.1) is 0 Å². The van der Waals surface area contributed by atoms with Crippen molar-refractivity contribution in [2.75, 3.05) is 7.05 Å². The van der Waals surface area contributed by atoms with Crippen LogP contribution in [0.1, 0.15) is 19.4 Å². The number of rotatable bonds is 2. The summed E-state index contributed by atoms with van der Waals surface area (Å²) in [5, 5.41) is 12.1. The fraction of sp³-hybridized carbons (Fsp3) is 0.385. The van der Waals surface area contributed by atoms with Crippen LogP contribution >= 0.6 is 24.0 Å². The van der Waals surface area contributed by atoms with Crippen LogP contribution in [-0.2, 0) is 0 Å². The van der Waals surface area contributed by atoms with Crippen molar-refractivity contribution in [3.05, 3.63) is 41.1 Å². The lowest BCUT2D eigenvalue weighted by atomic mass is 10.0. The molecule has 1 atom stereocenters. The predicted octanol–water partition coefficient (Wildman–Crippen LogP) is 2.68. The summed E-state index contributed by atoms with van der Waals surface area (Å²) in [5.41, 5.74) is 0.638. The standard InChI is InChI=1S/C13H16N2OS2/c1-13(2)11(18-12(17)14(13)3)15(16)9-10-7-5-4-6-8-10/h4-9,11H,1-3H3/b15-9-/t11-/m1/s1. The van der Waals surface area contributed by atoms with E-state index in [1.807, 2.05) is 56.1 Å². The van der Waals surface area contributed by atoms with Gasteiger partial charge in [0.05, 0.1) is 0 Å². The van der Waals surface area contributed by atoms with Gasteiger partial charge in [-0.1, -0.05) is 30.4 Å². The van der Waals surface area contributed by atoms with E-state index in [9.17, 15) is 5.21 Å². The minimum absolute atomic E-state index is 0.213. The van der Waals surface area contributed by atoms with Crippen molar-refractivity contribution in [1.82, 2.24) is 4.90 Å². The van der Waals surface area contributed by atoms with Crippen molar-refractivity contribution in [3.63, 3.8) is 0 Å². The third kappa shape index (κ3) is 2.37. The zero-order valence-corrected chi connectivity index (χ0v) is 12.3. The Kier molecular flexibility index (Phi) is 3.64. The van der Waals surface area contributed by atoms with Crippen molar-refractivity contribution in [3.8, 4) is 0 Å². The van der Waals surface area contributed by atoms with Crippen LogP contribution in [0.2, 0.25) is 0 Å². The number of nitrogens with zero attached hydrogens (tertiary/aromatic N) is 2. The van der Waals surface area contributed by atoms with Gasteiger partial charge < -0.3 is 10.1 Å². The Balaban J connectivity index is 2.27. The molecule has 0 radical (unpaired) electrons. The average Bonchev–Trinajstić information content (AvgIpc) is 2.54. The van der Waals surface area contributed by atoms with Crippen LogP contribution < -0.4 is 0 Å². The van der Waals surface area contributed by atoms with Crippen LogP contribution in [0.15, 0.2) is 30.3 Å². The van der Waals surface area contributed by atoms with Crippen molar-refractivity contribution < 1.29 is 4.74 Å². The second kappa shape index (κ2) is 4.90. The molecule has 0 aromatic heterocycles. The zero-order chi connectivity index (χ0) is 13.3. The van der Waals surface area contributed by atoms with Crippen LogP contribution in [-0.4, -0.2) is 38.1 Å². The molecule has 0 amide bonds. The summed E-state index contributed by atoms with van der Waals surface area (Å²) < 4.78 is 1.78. The van der Waals surface area contributed by atoms with Gasteiger partial charge in [0.25, 0.3) is 0 Å². The Morgan fingerprint density at radius 1 is 1.39 bits per heavy atom. The van der Waals surface area contributed by atoms with E-state index in [2.05, 4.69) is 0 Å². The molecular weight excluding hydrogens is 264 g/mol. The number of thioether (sulfide) groups is 1. The fourth-order valence-electron chi connectivity index (χ4n) is 1.84. The summed E-state index contributed by atoms with van der Waals surface area (Å²) in [4.78, 5) is 1.99. The van der Waals surface area contributed by atoms with E-state index in [1.165, 1.54) is 11.8 Å². The largest absolute Gasteiger partial charge is 0.623 e. The van der Waals surface area contributed by atoms with Gasteiger partial charge in [-0.25, -0.2) is 0 Å². The second-order valence-corrected chi connectivity index (χ2v) is 6.56. The van der Waals surface area contributed by atoms with Crippen LogP contribution in [0.3, 0.4) is 0 Å². The number of hydrogen-bond donors (Lipinski definition) is 0. The van der Waals surface area contributed by atoms with E-state index in [0.717, 1.165) is 14.6 Å². The molecule has 0 spiro atoms. The summed E-state index contributed by atoms with van der Waals surface area (Å²) in [5.74, 6) is 0. The third-order valence-corrected chi connectivity index (χ3v) is 5.31. The molecular formula is C13H16N2OS2. The highest BCUT2D eigenvalue weighted by Gasteiger charge is 2.48. The highest BCUT2D eigenvalue weighted by Crippen LogP contribution is 2.38.